The van der Waals surface area contributed by atoms with E-state index in [0.717, 1.165) is 11.1 Å². The molecular formula is C26H28ClN3O3S. The van der Waals surface area contributed by atoms with Crippen LogP contribution in [0.15, 0.2) is 89.8 Å². The lowest BCUT2D eigenvalue weighted by molar-refractivity contribution is -0.125. The zero-order valence-electron chi connectivity index (χ0n) is 18.7. The molecule has 2 atom stereocenters. The van der Waals surface area contributed by atoms with Crippen molar-refractivity contribution in [3.63, 3.8) is 0 Å². The Morgan fingerprint density at radius 2 is 1.50 bits per heavy atom. The van der Waals surface area contributed by atoms with Crippen LogP contribution in [-0.2, 0) is 14.8 Å². The van der Waals surface area contributed by atoms with Gasteiger partial charge in [0, 0.05) is 31.6 Å². The molecule has 0 aliphatic carbocycles. The molecule has 0 bridgehead atoms. The fourth-order valence-corrected chi connectivity index (χ4v) is 6.09. The van der Waals surface area contributed by atoms with Crippen LogP contribution >= 0.6 is 11.6 Å². The van der Waals surface area contributed by atoms with E-state index in [4.69, 9.17) is 11.6 Å². The second-order valence-corrected chi connectivity index (χ2v) is 10.5. The Hall–Kier alpha value is -2.71. The zero-order valence-corrected chi connectivity index (χ0v) is 20.2. The molecule has 4 rings (SSSR count). The first-order chi connectivity index (χ1) is 16.4. The first-order valence-electron chi connectivity index (χ1n) is 11.3. The Morgan fingerprint density at radius 1 is 0.912 bits per heavy atom. The number of rotatable bonds is 8. The highest BCUT2D eigenvalue weighted by atomic mass is 35.5. The van der Waals surface area contributed by atoms with Crippen LogP contribution in [0.1, 0.15) is 23.5 Å². The Bertz CT molecular complexity index is 1170. The second kappa shape index (κ2) is 11.1. The largest absolute Gasteiger partial charge is 0.355 e. The predicted molar refractivity (Wildman–Crippen MR) is 134 cm³/mol. The molecule has 3 aromatic rings. The van der Waals surface area contributed by atoms with E-state index in [-0.39, 0.29) is 27.7 Å². The molecular weight excluding hydrogens is 470 g/mol. The van der Waals surface area contributed by atoms with Crippen molar-refractivity contribution < 1.29 is 13.2 Å². The first kappa shape index (κ1) is 24.4. The lowest BCUT2D eigenvalue weighted by Crippen LogP contribution is -2.52. The van der Waals surface area contributed by atoms with Crippen LogP contribution in [0.2, 0.25) is 5.02 Å². The Labute approximate surface area is 205 Å². The molecule has 178 valence electrons. The number of hydrogen-bond acceptors (Lipinski definition) is 4. The maximum absolute atomic E-state index is 13.1. The number of piperidine rings is 1. The normalized spacial score (nSPS) is 18.5. The van der Waals surface area contributed by atoms with Gasteiger partial charge >= 0.3 is 0 Å². The highest BCUT2D eigenvalue weighted by Crippen LogP contribution is 2.25. The van der Waals surface area contributed by atoms with Crippen LogP contribution in [0.25, 0.3) is 0 Å². The van der Waals surface area contributed by atoms with E-state index in [9.17, 15) is 13.2 Å². The second-order valence-electron chi connectivity index (χ2n) is 8.46. The van der Waals surface area contributed by atoms with Gasteiger partial charge in [0.25, 0.3) is 0 Å². The third-order valence-corrected chi connectivity index (χ3v) is 8.07. The standard InChI is InChI=1S/C26H28ClN3O3S/c27-24-13-7-8-14-25(24)34(32,33)30-22-15-21(16-28-17-22)26(31)29-18-23(19-9-3-1-4-10-19)20-11-5-2-6-12-20/h1-14,21-23,28,30H,15-18H2,(H,29,31). The molecule has 0 saturated carbocycles. The minimum Gasteiger partial charge on any atom is -0.355 e. The Kier molecular flexibility index (Phi) is 8.00. The number of sulfonamides is 1. The van der Waals surface area contributed by atoms with Gasteiger partial charge in [-0.3, -0.25) is 4.79 Å². The van der Waals surface area contributed by atoms with Gasteiger partial charge in [0.2, 0.25) is 15.9 Å². The highest BCUT2D eigenvalue weighted by Gasteiger charge is 2.31. The van der Waals surface area contributed by atoms with E-state index in [0.29, 0.717) is 26.1 Å². The van der Waals surface area contributed by atoms with Crippen molar-refractivity contribution in [3.05, 3.63) is 101 Å². The van der Waals surface area contributed by atoms with Crippen LogP contribution in [0, 0.1) is 5.92 Å². The van der Waals surface area contributed by atoms with Crippen LogP contribution < -0.4 is 15.4 Å². The molecule has 2 unspecified atom stereocenters. The molecule has 1 aliphatic heterocycles. The summed E-state index contributed by atoms with van der Waals surface area (Å²) >= 11 is 6.08. The average Bonchev–Trinajstić information content (AvgIpc) is 2.85. The monoisotopic (exact) mass is 497 g/mol. The smallest absolute Gasteiger partial charge is 0.242 e. The third kappa shape index (κ3) is 6.04. The predicted octanol–water partition coefficient (Wildman–Crippen LogP) is 3.54. The minimum absolute atomic E-state index is 0.0254. The van der Waals surface area contributed by atoms with E-state index in [1.54, 1.807) is 18.2 Å². The first-order valence-corrected chi connectivity index (χ1v) is 13.2. The quantitative estimate of drug-likeness (QED) is 0.444. The summed E-state index contributed by atoms with van der Waals surface area (Å²) in [5, 5.41) is 6.45. The van der Waals surface area contributed by atoms with Gasteiger partial charge in [-0.2, -0.15) is 0 Å². The molecule has 0 spiro atoms. The maximum Gasteiger partial charge on any atom is 0.242 e. The Balaban J connectivity index is 1.40. The number of amides is 1. The van der Waals surface area contributed by atoms with Crippen molar-refractivity contribution in [1.29, 1.82) is 0 Å². The molecule has 1 fully saturated rings. The Morgan fingerprint density at radius 3 is 2.12 bits per heavy atom. The number of carbonyl (C=O) groups is 1. The van der Waals surface area contributed by atoms with Gasteiger partial charge < -0.3 is 10.6 Å². The molecule has 34 heavy (non-hydrogen) atoms. The molecule has 1 saturated heterocycles. The summed E-state index contributed by atoms with van der Waals surface area (Å²) in [6, 6.07) is 26.1. The van der Waals surface area contributed by atoms with Crippen LogP contribution in [0.4, 0.5) is 0 Å². The molecule has 0 aromatic heterocycles. The molecule has 1 amide bonds. The van der Waals surface area contributed by atoms with Gasteiger partial charge in [0.05, 0.1) is 10.9 Å². The van der Waals surface area contributed by atoms with Gasteiger partial charge in [-0.1, -0.05) is 84.4 Å². The van der Waals surface area contributed by atoms with Crippen molar-refractivity contribution >= 4 is 27.5 Å². The van der Waals surface area contributed by atoms with Crippen LogP contribution in [-0.4, -0.2) is 40.0 Å². The average molecular weight is 498 g/mol. The number of carbonyl (C=O) groups excluding carboxylic acids is 1. The molecule has 8 heteroatoms. The minimum atomic E-state index is -3.79. The van der Waals surface area contributed by atoms with Crippen molar-refractivity contribution in [3.8, 4) is 0 Å². The van der Waals surface area contributed by atoms with E-state index in [1.165, 1.54) is 6.07 Å². The van der Waals surface area contributed by atoms with E-state index in [2.05, 4.69) is 39.6 Å². The SMILES string of the molecule is O=C(NCC(c1ccccc1)c1ccccc1)C1CNCC(NS(=O)(=O)c2ccccc2Cl)C1. The summed E-state index contributed by atoms with van der Waals surface area (Å²) in [6.45, 7) is 1.40. The lowest BCUT2D eigenvalue weighted by atomic mass is 9.90. The van der Waals surface area contributed by atoms with Gasteiger partial charge in [-0.05, 0) is 29.7 Å². The summed E-state index contributed by atoms with van der Waals surface area (Å²) in [6.07, 6.45) is 0.407. The van der Waals surface area contributed by atoms with Gasteiger partial charge in [0.15, 0.2) is 0 Å². The van der Waals surface area contributed by atoms with E-state index < -0.39 is 16.1 Å². The van der Waals surface area contributed by atoms with E-state index >= 15 is 0 Å². The summed E-state index contributed by atoms with van der Waals surface area (Å²) in [5.41, 5.74) is 2.25. The number of benzene rings is 3. The fraction of sp³-hybridized carbons (Fsp3) is 0.269. The van der Waals surface area contributed by atoms with Crippen molar-refractivity contribution in [1.82, 2.24) is 15.4 Å². The van der Waals surface area contributed by atoms with Crippen molar-refractivity contribution in [2.24, 2.45) is 5.92 Å². The molecule has 3 aromatic carbocycles. The molecule has 1 heterocycles. The lowest BCUT2D eigenvalue weighted by Gasteiger charge is -2.30. The highest BCUT2D eigenvalue weighted by molar-refractivity contribution is 7.89. The van der Waals surface area contributed by atoms with Crippen LogP contribution in [0.5, 0.6) is 0 Å². The summed E-state index contributed by atoms with van der Waals surface area (Å²) in [5.74, 6) is -0.414. The maximum atomic E-state index is 13.1. The molecule has 1 aliphatic rings. The number of hydrogen-bond donors (Lipinski definition) is 3. The van der Waals surface area contributed by atoms with Crippen LogP contribution in [0.3, 0.4) is 0 Å². The van der Waals surface area contributed by atoms with Gasteiger partial charge in [0.1, 0.15) is 4.90 Å². The third-order valence-electron chi connectivity index (χ3n) is 6.05. The number of nitrogens with one attached hydrogen (secondary N) is 3. The van der Waals surface area contributed by atoms with Gasteiger partial charge in [-0.25, -0.2) is 13.1 Å². The summed E-state index contributed by atoms with van der Waals surface area (Å²) < 4.78 is 28.3. The molecule has 3 N–H and O–H groups in total. The summed E-state index contributed by atoms with van der Waals surface area (Å²) in [4.78, 5) is 13.1. The van der Waals surface area contributed by atoms with E-state index in [1.807, 2.05) is 36.4 Å². The van der Waals surface area contributed by atoms with Crippen molar-refractivity contribution in [2.75, 3.05) is 19.6 Å². The van der Waals surface area contributed by atoms with Crippen molar-refractivity contribution in [2.45, 2.75) is 23.3 Å². The summed E-state index contributed by atoms with van der Waals surface area (Å²) in [7, 11) is -3.79. The topological polar surface area (TPSA) is 87.3 Å². The molecule has 6 nitrogen and oxygen atoms in total. The molecule has 0 radical (unpaired) electrons. The fourth-order valence-electron chi connectivity index (χ4n) is 4.32. The van der Waals surface area contributed by atoms with Gasteiger partial charge in [-0.15, -0.1) is 0 Å². The zero-order chi connectivity index (χ0) is 24.0. The number of halogens is 1.